The maximum atomic E-state index is 12.1. The molecule has 31 heavy (non-hydrogen) atoms. The molecule has 1 saturated heterocycles. The number of aliphatic hydroxyl groups is 1. The molecule has 0 amide bonds. The number of aryl methyl sites for hydroxylation is 2. The van der Waals surface area contributed by atoms with Crippen molar-refractivity contribution in [3.8, 4) is 0 Å². The summed E-state index contributed by atoms with van der Waals surface area (Å²) >= 11 is 0. The summed E-state index contributed by atoms with van der Waals surface area (Å²) in [5.74, 6) is 0. The SMILES string of the molecule is Cc1cn(Cc2cn(CC3OC(n4cc(C)c(=O)[nH]c4=O)CC3O)nn2)c(=O)[nH]c1=O. The van der Waals surface area contributed by atoms with Gasteiger partial charge in [-0.25, -0.2) is 14.3 Å². The Kier molecular flexibility index (Phi) is 5.29. The molecule has 13 nitrogen and oxygen atoms in total. The third-order valence-electron chi connectivity index (χ3n) is 5.13. The van der Waals surface area contributed by atoms with Crippen molar-refractivity contribution in [2.24, 2.45) is 0 Å². The number of H-pyrrole nitrogens is 2. The topological polar surface area (TPSA) is 170 Å². The summed E-state index contributed by atoms with van der Waals surface area (Å²) < 4.78 is 9.85. The van der Waals surface area contributed by atoms with E-state index >= 15 is 0 Å². The van der Waals surface area contributed by atoms with Crippen molar-refractivity contribution in [2.75, 3.05) is 0 Å². The summed E-state index contributed by atoms with van der Waals surface area (Å²) in [6, 6.07) is 0. The lowest BCUT2D eigenvalue weighted by Crippen LogP contribution is -2.33. The van der Waals surface area contributed by atoms with Crippen LogP contribution in [0.4, 0.5) is 0 Å². The van der Waals surface area contributed by atoms with E-state index in [1.54, 1.807) is 20.0 Å². The van der Waals surface area contributed by atoms with Crippen LogP contribution in [-0.4, -0.2) is 51.4 Å². The standard InChI is InChI=1S/C18H21N7O6/c1-9-4-23(17(29)19-15(9)27)6-11-7-24(22-21-11)8-13-12(26)3-14(31-13)25-5-10(2)16(28)20-18(25)30/h4-5,7,12-14,26H,3,6,8H2,1-2H3,(H,19,27,29)(H,20,28,30). The maximum Gasteiger partial charge on any atom is 0.330 e. The van der Waals surface area contributed by atoms with E-state index in [1.807, 2.05) is 0 Å². The van der Waals surface area contributed by atoms with Crippen LogP contribution < -0.4 is 22.5 Å². The Hall–Kier alpha value is -3.58. The zero-order valence-electron chi connectivity index (χ0n) is 16.8. The fourth-order valence-electron chi connectivity index (χ4n) is 3.45. The first-order chi connectivity index (χ1) is 14.7. The summed E-state index contributed by atoms with van der Waals surface area (Å²) in [6.45, 7) is 3.44. The second kappa shape index (κ2) is 7.92. The number of hydrogen-bond donors (Lipinski definition) is 3. The lowest BCUT2D eigenvalue weighted by atomic mass is 10.2. The van der Waals surface area contributed by atoms with E-state index in [-0.39, 0.29) is 19.5 Å². The molecule has 1 fully saturated rings. The minimum absolute atomic E-state index is 0.110. The number of hydrogen-bond acceptors (Lipinski definition) is 8. The summed E-state index contributed by atoms with van der Waals surface area (Å²) in [4.78, 5) is 51.5. The average Bonchev–Trinajstić information content (AvgIpc) is 3.29. The van der Waals surface area contributed by atoms with Gasteiger partial charge in [-0.15, -0.1) is 5.10 Å². The molecule has 0 saturated carbocycles. The molecule has 0 aliphatic carbocycles. The molecule has 4 rings (SSSR count). The van der Waals surface area contributed by atoms with Gasteiger partial charge >= 0.3 is 11.4 Å². The number of ether oxygens (including phenoxy) is 1. The van der Waals surface area contributed by atoms with Gasteiger partial charge in [-0.3, -0.25) is 28.7 Å². The second-order valence-electron chi connectivity index (χ2n) is 7.54. The quantitative estimate of drug-likeness (QED) is 0.416. The Morgan fingerprint density at radius 3 is 2.48 bits per heavy atom. The van der Waals surface area contributed by atoms with E-state index in [9.17, 15) is 24.3 Å². The highest BCUT2D eigenvalue weighted by Gasteiger charge is 2.36. The van der Waals surface area contributed by atoms with Gasteiger partial charge in [0.15, 0.2) is 0 Å². The highest BCUT2D eigenvalue weighted by molar-refractivity contribution is 5.04. The van der Waals surface area contributed by atoms with Crippen LogP contribution in [0.1, 0.15) is 29.5 Å². The van der Waals surface area contributed by atoms with Crippen LogP contribution in [0.3, 0.4) is 0 Å². The predicted octanol–water partition coefficient (Wildman–Crippen LogP) is -2.01. The average molecular weight is 431 g/mol. The molecule has 0 aromatic carbocycles. The molecule has 1 aliphatic rings. The van der Waals surface area contributed by atoms with Crippen molar-refractivity contribution in [1.82, 2.24) is 34.1 Å². The van der Waals surface area contributed by atoms with Gasteiger partial charge in [0.1, 0.15) is 18.0 Å². The molecule has 1 aliphatic heterocycles. The van der Waals surface area contributed by atoms with E-state index < -0.39 is 40.9 Å². The van der Waals surface area contributed by atoms with Crippen LogP contribution in [0, 0.1) is 13.8 Å². The zero-order valence-corrected chi connectivity index (χ0v) is 16.8. The van der Waals surface area contributed by atoms with Crippen molar-refractivity contribution in [3.05, 3.63) is 77.1 Å². The first kappa shape index (κ1) is 20.7. The highest BCUT2D eigenvalue weighted by atomic mass is 16.5. The first-order valence-corrected chi connectivity index (χ1v) is 9.56. The van der Waals surface area contributed by atoms with Gasteiger partial charge in [0, 0.05) is 29.9 Å². The Morgan fingerprint density at radius 1 is 1.06 bits per heavy atom. The van der Waals surface area contributed by atoms with E-state index in [4.69, 9.17) is 4.74 Å². The fraction of sp³-hybridized carbons (Fsp3) is 0.444. The summed E-state index contributed by atoms with van der Waals surface area (Å²) in [6.07, 6.45) is 2.37. The predicted molar refractivity (Wildman–Crippen MR) is 106 cm³/mol. The molecule has 3 atom stereocenters. The molecule has 3 aromatic rings. The second-order valence-corrected chi connectivity index (χ2v) is 7.54. The Labute approximate surface area is 173 Å². The number of aromatic amines is 2. The smallest absolute Gasteiger partial charge is 0.330 e. The van der Waals surface area contributed by atoms with E-state index in [0.29, 0.717) is 16.8 Å². The number of nitrogens with zero attached hydrogens (tertiary/aromatic N) is 5. The van der Waals surface area contributed by atoms with Crippen LogP contribution in [0.5, 0.6) is 0 Å². The first-order valence-electron chi connectivity index (χ1n) is 9.56. The third kappa shape index (κ3) is 4.18. The van der Waals surface area contributed by atoms with Gasteiger partial charge in [0.2, 0.25) is 0 Å². The largest absolute Gasteiger partial charge is 0.390 e. The monoisotopic (exact) mass is 431 g/mol. The number of nitrogens with one attached hydrogen (secondary N) is 2. The van der Waals surface area contributed by atoms with Crippen LogP contribution >= 0.6 is 0 Å². The van der Waals surface area contributed by atoms with Gasteiger partial charge in [0.05, 0.1) is 25.4 Å². The molecule has 0 bridgehead atoms. The van der Waals surface area contributed by atoms with Gasteiger partial charge in [-0.05, 0) is 13.8 Å². The molecular weight excluding hydrogens is 410 g/mol. The summed E-state index contributed by atoms with van der Waals surface area (Å²) in [5, 5.41) is 18.4. The molecule has 3 unspecified atom stereocenters. The van der Waals surface area contributed by atoms with Crippen molar-refractivity contribution in [2.45, 2.75) is 51.8 Å². The van der Waals surface area contributed by atoms with Gasteiger partial charge in [-0.1, -0.05) is 5.21 Å². The van der Waals surface area contributed by atoms with Crippen molar-refractivity contribution in [3.63, 3.8) is 0 Å². The Balaban J connectivity index is 1.47. The molecule has 3 aromatic heterocycles. The van der Waals surface area contributed by atoms with Crippen molar-refractivity contribution in [1.29, 1.82) is 0 Å². The molecule has 13 heteroatoms. The third-order valence-corrected chi connectivity index (χ3v) is 5.13. The van der Waals surface area contributed by atoms with Crippen LogP contribution in [-0.2, 0) is 17.8 Å². The molecule has 3 N–H and O–H groups in total. The van der Waals surface area contributed by atoms with Crippen LogP contribution in [0.15, 0.2) is 37.8 Å². The Bertz CT molecular complexity index is 1350. The lowest BCUT2D eigenvalue weighted by molar-refractivity contribution is -0.0302. The fourth-order valence-corrected chi connectivity index (χ4v) is 3.45. The van der Waals surface area contributed by atoms with Gasteiger partial charge in [-0.2, -0.15) is 0 Å². The number of aliphatic hydroxyl groups excluding tert-OH is 1. The molecule has 4 heterocycles. The normalized spacial score (nSPS) is 20.9. The minimum Gasteiger partial charge on any atom is -0.390 e. The molecule has 164 valence electrons. The number of aromatic nitrogens is 7. The van der Waals surface area contributed by atoms with Crippen molar-refractivity contribution < 1.29 is 9.84 Å². The number of rotatable bonds is 5. The van der Waals surface area contributed by atoms with Gasteiger partial charge < -0.3 is 9.84 Å². The van der Waals surface area contributed by atoms with Crippen LogP contribution in [0.25, 0.3) is 0 Å². The van der Waals surface area contributed by atoms with E-state index in [1.165, 1.54) is 26.2 Å². The van der Waals surface area contributed by atoms with Gasteiger partial charge in [0.25, 0.3) is 11.1 Å². The summed E-state index contributed by atoms with van der Waals surface area (Å²) in [7, 11) is 0. The Morgan fingerprint density at radius 2 is 1.74 bits per heavy atom. The van der Waals surface area contributed by atoms with Crippen molar-refractivity contribution >= 4 is 0 Å². The zero-order chi connectivity index (χ0) is 22.3. The molecule has 0 radical (unpaired) electrons. The highest BCUT2D eigenvalue weighted by Crippen LogP contribution is 2.28. The maximum absolute atomic E-state index is 12.1. The van der Waals surface area contributed by atoms with E-state index in [2.05, 4.69) is 20.3 Å². The lowest BCUT2D eigenvalue weighted by Gasteiger charge is -2.16. The van der Waals surface area contributed by atoms with Crippen LogP contribution in [0.2, 0.25) is 0 Å². The molecular formula is C18H21N7O6. The molecule has 0 spiro atoms. The minimum atomic E-state index is -0.860. The van der Waals surface area contributed by atoms with E-state index in [0.717, 1.165) is 0 Å². The summed E-state index contributed by atoms with van der Waals surface area (Å²) in [5.41, 5.74) is -0.845.